The van der Waals surface area contributed by atoms with Gasteiger partial charge in [0.05, 0.1) is 19.2 Å². The van der Waals surface area contributed by atoms with Crippen LogP contribution in [-0.2, 0) is 12.4 Å². The Balaban J connectivity index is 2.25. The molecule has 0 bridgehead atoms. The van der Waals surface area contributed by atoms with Crippen LogP contribution in [-0.4, -0.2) is 8.07 Å². The normalized spacial score (nSPS) is 12.8. The summed E-state index contributed by atoms with van der Waals surface area (Å²) in [6.45, 7) is 7.09. The van der Waals surface area contributed by atoms with E-state index < -0.39 is 37.1 Å². The topological polar surface area (TPSA) is 0 Å². The van der Waals surface area contributed by atoms with E-state index in [1.165, 1.54) is 12.1 Å². The molecule has 0 saturated heterocycles. The molecule has 3 rings (SSSR count). The molecule has 164 valence electrons. The first kappa shape index (κ1) is 23.1. The minimum Gasteiger partial charge on any atom is -0.166 e. The van der Waals surface area contributed by atoms with Crippen molar-refractivity contribution in [1.82, 2.24) is 0 Å². The Morgan fingerprint density at radius 1 is 0.581 bits per heavy atom. The van der Waals surface area contributed by atoms with Crippen molar-refractivity contribution in [3.8, 4) is 22.3 Å². The van der Waals surface area contributed by atoms with E-state index in [0.29, 0.717) is 5.56 Å². The number of aryl methyl sites for hydroxylation is 1. The number of rotatable bonds is 3. The Morgan fingerprint density at radius 2 is 0.935 bits per heavy atom. The summed E-state index contributed by atoms with van der Waals surface area (Å²) >= 11 is 0. The predicted molar refractivity (Wildman–Crippen MR) is 115 cm³/mol. The van der Waals surface area contributed by atoms with Gasteiger partial charge < -0.3 is 0 Å². The van der Waals surface area contributed by atoms with Gasteiger partial charge in [-0.2, -0.15) is 26.3 Å². The number of benzene rings is 3. The Labute approximate surface area is 178 Å². The zero-order chi connectivity index (χ0) is 23.2. The first-order valence-electron chi connectivity index (χ1n) is 9.68. The maximum absolute atomic E-state index is 13.9. The lowest BCUT2D eigenvalue weighted by Crippen LogP contribution is -2.39. The van der Waals surface area contributed by atoms with Crippen LogP contribution in [0.2, 0.25) is 19.6 Å². The van der Waals surface area contributed by atoms with Gasteiger partial charge in [0.2, 0.25) is 0 Å². The van der Waals surface area contributed by atoms with Crippen molar-refractivity contribution in [1.29, 1.82) is 0 Å². The highest BCUT2D eigenvalue weighted by atomic mass is 28.3. The van der Waals surface area contributed by atoms with Crippen LogP contribution in [0, 0.1) is 6.92 Å². The maximum Gasteiger partial charge on any atom is 0.417 e. The lowest BCUT2D eigenvalue weighted by molar-refractivity contribution is -0.141. The molecule has 0 N–H and O–H groups in total. The number of hydrogen-bond donors (Lipinski definition) is 0. The van der Waals surface area contributed by atoms with Crippen LogP contribution in [0.4, 0.5) is 26.3 Å². The summed E-state index contributed by atoms with van der Waals surface area (Å²) in [4.78, 5) is 0. The molecule has 0 fully saturated rings. The Kier molecular flexibility index (Phi) is 5.86. The Hall–Kier alpha value is -2.54. The molecule has 0 amide bonds. The van der Waals surface area contributed by atoms with Gasteiger partial charge in [0.15, 0.2) is 0 Å². The molecular formula is C24H22F6Si. The zero-order valence-electron chi connectivity index (χ0n) is 17.5. The summed E-state index contributed by atoms with van der Waals surface area (Å²) in [5.74, 6) is 0. The van der Waals surface area contributed by atoms with Gasteiger partial charge >= 0.3 is 12.4 Å². The molecule has 0 unspecified atom stereocenters. The molecule has 0 atom stereocenters. The van der Waals surface area contributed by atoms with E-state index in [2.05, 4.69) is 0 Å². The van der Waals surface area contributed by atoms with Crippen molar-refractivity contribution in [2.75, 3.05) is 0 Å². The largest absolute Gasteiger partial charge is 0.417 e. The summed E-state index contributed by atoms with van der Waals surface area (Å²) in [7, 11) is -2.44. The van der Waals surface area contributed by atoms with E-state index in [4.69, 9.17) is 0 Å². The highest BCUT2D eigenvalue weighted by Gasteiger charge is 2.42. The van der Waals surface area contributed by atoms with Crippen LogP contribution in [0.1, 0.15) is 16.7 Å². The molecule has 0 nitrogen and oxygen atoms in total. The van der Waals surface area contributed by atoms with Gasteiger partial charge in [0.1, 0.15) is 0 Å². The second kappa shape index (κ2) is 7.86. The highest BCUT2D eigenvalue weighted by Crippen LogP contribution is 2.44. The average molecular weight is 453 g/mol. The van der Waals surface area contributed by atoms with Crippen molar-refractivity contribution in [2.45, 2.75) is 38.9 Å². The van der Waals surface area contributed by atoms with Gasteiger partial charge in [-0.05, 0) is 23.6 Å². The Morgan fingerprint density at radius 3 is 1.29 bits per heavy atom. The smallest absolute Gasteiger partial charge is 0.166 e. The van der Waals surface area contributed by atoms with Crippen LogP contribution in [0.25, 0.3) is 22.3 Å². The third kappa shape index (κ3) is 5.03. The Bertz CT molecular complexity index is 1030. The summed E-state index contributed by atoms with van der Waals surface area (Å²) in [6.07, 6.45) is -9.83. The van der Waals surface area contributed by atoms with E-state index >= 15 is 0 Å². The first-order valence-corrected chi connectivity index (χ1v) is 13.2. The highest BCUT2D eigenvalue weighted by molar-refractivity contribution is 6.88. The molecule has 3 aromatic rings. The fourth-order valence-corrected chi connectivity index (χ4v) is 4.56. The van der Waals surface area contributed by atoms with Crippen molar-refractivity contribution < 1.29 is 26.3 Å². The average Bonchev–Trinajstić information content (AvgIpc) is 2.65. The molecule has 3 aromatic carbocycles. The summed E-state index contributed by atoms with van der Waals surface area (Å²) in [5.41, 5.74) is -0.837. The molecule has 7 heteroatoms. The van der Waals surface area contributed by atoms with E-state index in [-0.39, 0.29) is 10.8 Å². The van der Waals surface area contributed by atoms with Crippen LogP contribution < -0.4 is 5.19 Å². The van der Waals surface area contributed by atoms with Gasteiger partial charge in [-0.1, -0.05) is 91.1 Å². The summed E-state index contributed by atoms with van der Waals surface area (Å²) < 4.78 is 83.4. The molecule has 0 radical (unpaired) electrons. The molecule has 0 saturated carbocycles. The first-order chi connectivity index (χ1) is 14.2. The SMILES string of the molecule is Cc1ccc(-c2ccc(-c3c(C(F)(F)F)cc([Si](C)(C)C)cc3C(F)(F)F)cc2)cc1. The van der Waals surface area contributed by atoms with Crippen LogP contribution in [0.15, 0.2) is 60.7 Å². The second-order valence-electron chi connectivity index (χ2n) is 8.64. The minimum atomic E-state index is -4.92. The fourth-order valence-electron chi connectivity index (χ4n) is 3.41. The third-order valence-electron chi connectivity index (χ3n) is 5.17. The molecule has 0 aliphatic carbocycles. The van der Waals surface area contributed by atoms with Crippen LogP contribution >= 0.6 is 0 Å². The van der Waals surface area contributed by atoms with Crippen molar-refractivity contribution in [3.63, 3.8) is 0 Å². The van der Waals surface area contributed by atoms with Gasteiger partial charge in [0, 0.05) is 5.56 Å². The minimum absolute atomic E-state index is 0.113. The van der Waals surface area contributed by atoms with E-state index in [0.717, 1.165) is 23.3 Å². The molecule has 0 aliphatic rings. The van der Waals surface area contributed by atoms with Crippen molar-refractivity contribution in [3.05, 3.63) is 77.4 Å². The molecule has 0 aromatic heterocycles. The number of halogens is 6. The van der Waals surface area contributed by atoms with E-state index in [9.17, 15) is 26.3 Å². The lowest BCUT2D eigenvalue weighted by Gasteiger charge is -2.25. The van der Waals surface area contributed by atoms with Crippen LogP contribution in [0.3, 0.4) is 0 Å². The fraction of sp³-hybridized carbons (Fsp3) is 0.250. The number of alkyl halides is 6. The monoisotopic (exact) mass is 452 g/mol. The van der Waals surface area contributed by atoms with Crippen molar-refractivity contribution >= 4 is 13.3 Å². The summed E-state index contributed by atoms with van der Waals surface area (Å²) in [6, 6.07) is 15.0. The van der Waals surface area contributed by atoms with Gasteiger partial charge in [-0.3, -0.25) is 0 Å². The maximum atomic E-state index is 13.9. The third-order valence-corrected chi connectivity index (χ3v) is 7.19. The molecule has 0 heterocycles. The van der Waals surface area contributed by atoms with Crippen LogP contribution in [0.5, 0.6) is 0 Å². The van der Waals surface area contributed by atoms with E-state index in [1.807, 2.05) is 31.2 Å². The quantitative estimate of drug-likeness (QED) is 0.280. The molecule has 0 aliphatic heterocycles. The van der Waals surface area contributed by atoms with Crippen molar-refractivity contribution in [2.24, 2.45) is 0 Å². The summed E-state index contributed by atoms with van der Waals surface area (Å²) in [5, 5.41) is 0.118. The standard InChI is InChI=1S/C24H22F6Si/c1-15-5-7-16(8-6-15)17-9-11-18(12-10-17)22-20(23(25,26)27)13-19(31(2,3)4)14-21(22)24(28,29)30/h5-14H,1-4H3. The van der Waals surface area contributed by atoms with Gasteiger partial charge in [-0.15, -0.1) is 0 Å². The predicted octanol–water partition coefficient (Wildman–Crippen LogP) is 7.91. The lowest BCUT2D eigenvalue weighted by atomic mass is 9.92. The molecule has 31 heavy (non-hydrogen) atoms. The van der Waals surface area contributed by atoms with Gasteiger partial charge in [-0.25, -0.2) is 0 Å². The van der Waals surface area contributed by atoms with Gasteiger partial charge in [0.25, 0.3) is 0 Å². The van der Waals surface area contributed by atoms with E-state index in [1.54, 1.807) is 31.8 Å². The second-order valence-corrected chi connectivity index (χ2v) is 13.7. The zero-order valence-corrected chi connectivity index (χ0v) is 18.5. The molecular weight excluding hydrogens is 430 g/mol. The number of hydrogen-bond acceptors (Lipinski definition) is 0. The molecule has 0 spiro atoms.